The van der Waals surface area contributed by atoms with Crippen molar-refractivity contribution in [2.24, 2.45) is 0 Å². The molecule has 6 nitrogen and oxygen atoms in total. The highest BCUT2D eigenvalue weighted by Crippen LogP contribution is 2.36. The summed E-state index contributed by atoms with van der Waals surface area (Å²) in [5.41, 5.74) is 0.965. The number of likely N-dealkylation sites (tertiary alicyclic amines) is 1. The van der Waals surface area contributed by atoms with Gasteiger partial charge in [-0.2, -0.15) is 0 Å². The van der Waals surface area contributed by atoms with Crippen LogP contribution < -0.4 is 5.32 Å². The summed E-state index contributed by atoms with van der Waals surface area (Å²) in [5.74, 6) is 0.0215. The molecule has 192 valence electrons. The summed E-state index contributed by atoms with van der Waals surface area (Å²) in [6, 6.07) is 5.11. The molecule has 1 aliphatic carbocycles. The molecule has 5 rings (SSSR count). The smallest absolute Gasteiger partial charge is 0.271 e. The number of rotatable bonds is 7. The molecule has 35 heavy (non-hydrogen) atoms. The summed E-state index contributed by atoms with van der Waals surface area (Å²) in [5, 5.41) is 3.36. The Balaban J connectivity index is 1.40. The number of carbonyl (C=O) groups excluding carboxylic acids is 2. The highest BCUT2D eigenvalue weighted by atomic mass is 32.1. The lowest BCUT2D eigenvalue weighted by molar-refractivity contribution is -0.133. The molecule has 2 amide bonds. The van der Waals surface area contributed by atoms with Crippen LogP contribution in [0.5, 0.6) is 0 Å². The molecule has 0 spiro atoms. The first-order chi connectivity index (χ1) is 16.9. The van der Waals surface area contributed by atoms with Crippen LogP contribution in [0.4, 0.5) is 0 Å². The summed E-state index contributed by atoms with van der Waals surface area (Å²) in [6.45, 7) is 9.76. The van der Waals surface area contributed by atoms with Crippen LogP contribution in [0.25, 0.3) is 10.2 Å². The zero-order valence-corrected chi connectivity index (χ0v) is 22.6. The van der Waals surface area contributed by atoms with Crippen molar-refractivity contribution in [3.63, 3.8) is 0 Å². The van der Waals surface area contributed by atoms with Crippen molar-refractivity contribution < 1.29 is 9.59 Å². The van der Waals surface area contributed by atoms with Crippen molar-refractivity contribution in [2.75, 3.05) is 19.6 Å². The average molecular weight is 499 g/mol. The Morgan fingerprint density at radius 3 is 2.63 bits per heavy atom. The molecule has 2 aliphatic heterocycles. The van der Waals surface area contributed by atoms with Gasteiger partial charge in [0.05, 0.1) is 16.8 Å². The quantitative estimate of drug-likeness (QED) is 0.571. The van der Waals surface area contributed by atoms with Crippen molar-refractivity contribution in [1.82, 2.24) is 19.7 Å². The molecule has 0 bridgehead atoms. The SMILES string of the molecule is CCc1cc2c(cc3n2C[C@@](C)(C(=O)NC2CCCCC2)N(CCCN2CCCC[C@@H]2C)C3=O)s1. The highest BCUT2D eigenvalue weighted by molar-refractivity contribution is 7.19. The number of carbonyl (C=O) groups is 2. The van der Waals surface area contributed by atoms with Crippen LogP contribution in [-0.4, -0.2) is 63.4 Å². The van der Waals surface area contributed by atoms with E-state index in [1.54, 1.807) is 11.3 Å². The second kappa shape index (κ2) is 10.3. The monoisotopic (exact) mass is 498 g/mol. The number of fused-ring (bicyclic) bond motifs is 3. The summed E-state index contributed by atoms with van der Waals surface area (Å²) in [4.78, 5) is 33.6. The molecular weight excluding hydrogens is 456 g/mol. The molecule has 3 aliphatic rings. The maximum atomic E-state index is 13.9. The van der Waals surface area contributed by atoms with Crippen molar-refractivity contribution in [2.45, 2.75) is 109 Å². The van der Waals surface area contributed by atoms with Crippen LogP contribution in [-0.2, 0) is 17.8 Å². The zero-order valence-electron chi connectivity index (χ0n) is 21.8. The standard InChI is InChI=1S/C28H42N4O2S/c1-4-22-17-23-25(35-22)18-24-26(33)32(16-10-15-30-14-9-8-11-20(30)2)28(3,19-31(23)24)27(34)29-21-12-6-5-7-13-21/h17-18,20-21H,4-16,19H2,1-3H3,(H,29,34)/t20-,28-/m0/s1. The molecular formula is C28H42N4O2S. The number of aromatic nitrogens is 1. The summed E-state index contributed by atoms with van der Waals surface area (Å²) in [6.07, 6.45) is 11.4. The van der Waals surface area contributed by atoms with Crippen LogP contribution in [0, 0.1) is 0 Å². The van der Waals surface area contributed by atoms with Gasteiger partial charge in [-0.1, -0.05) is 32.6 Å². The minimum Gasteiger partial charge on any atom is -0.351 e. The van der Waals surface area contributed by atoms with E-state index >= 15 is 0 Å². The molecule has 1 saturated heterocycles. The molecule has 0 radical (unpaired) electrons. The molecule has 0 aromatic carbocycles. The lowest BCUT2D eigenvalue weighted by Crippen LogP contribution is -2.65. The third-order valence-electron chi connectivity index (χ3n) is 8.71. The Kier molecular flexibility index (Phi) is 7.27. The number of aryl methyl sites for hydroxylation is 1. The third kappa shape index (κ3) is 4.78. The molecule has 1 saturated carbocycles. The summed E-state index contributed by atoms with van der Waals surface area (Å²) >= 11 is 1.77. The number of hydrogen-bond acceptors (Lipinski definition) is 4. The van der Waals surface area contributed by atoms with Crippen LogP contribution >= 0.6 is 11.3 Å². The Morgan fingerprint density at radius 2 is 1.89 bits per heavy atom. The lowest BCUT2D eigenvalue weighted by Gasteiger charge is -2.45. The van der Waals surface area contributed by atoms with Gasteiger partial charge in [0.2, 0.25) is 5.91 Å². The Bertz CT molecular complexity index is 1070. The predicted octanol–water partition coefficient (Wildman–Crippen LogP) is 5.19. The maximum absolute atomic E-state index is 13.9. The van der Waals surface area contributed by atoms with E-state index in [2.05, 4.69) is 40.8 Å². The topological polar surface area (TPSA) is 57.6 Å². The molecule has 0 unspecified atom stereocenters. The molecule has 2 aromatic rings. The van der Waals surface area contributed by atoms with E-state index in [-0.39, 0.29) is 17.9 Å². The molecule has 2 fully saturated rings. The Hall–Kier alpha value is -1.86. The van der Waals surface area contributed by atoms with Gasteiger partial charge in [0.25, 0.3) is 5.91 Å². The molecule has 4 heterocycles. The van der Waals surface area contributed by atoms with E-state index < -0.39 is 5.54 Å². The summed E-state index contributed by atoms with van der Waals surface area (Å²) < 4.78 is 3.28. The van der Waals surface area contributed by atoms with Crippen LogP contribution in [0.15, 0.2) is 12.1 Å². The normalized spacial score (nSPS) is 26.3. The first kappa shape index (κ1) is 24.8. The van der Waals surface area contributed by atoms with Gasteiger partial charge in [-0.05, 0) is 71.0 Å². The zero-order chi connectivity index (χ0) is 24.6. The van der Waals surface area contributed by atoms with Crippen LogP contribution in [0.1, 0.15) is 93.9 Å². The van der Waals surface area contributed by atoms with Gasteiger partial charge in [0.1, 0.15) is 11.2 Å². The second-order valence-corrected chi connectivity index (χ2v) is 12.4. The van der Waals surface area contributed by atoms with Crippen LogP contribution in [0.2, 0.25) is 0 Å². The number of nitrogens with zero attached hydrogens (tertiary/aromatic N) is 3. The number of nitrogens with one attached hydrogen (secondary N) is 1. The van der Waals surface area contributed by atoms with E-state index in [0.717, 1.165) is 54.7 Å². The highest BCUT2D eigenvalue weighted by Gasteiger charge is 2.48. The number of hydrogen-bond donors (Lipinski definition) is 1. The van der Waals surface area contributed by atoms with Crippen LogP contribution in [0.3, 0.4) is 0 Å². The number of amides is 2. The fourth-order valence-corrected chi connectivity index (χ4v) is 7.46. The van der Waals surface area contributed by atoms with Crippen molar-refractivity contribution in [1.29, 1.82) is 0 Å². The average Bonchev–Trinajstić information content (AvgIpc) is 3.41. The van der Waals surface area contributed by atoms with Crippen molar-refractivity contribution >= 4 is 33.4 Å². The molecule has 7 heteroatoms. The van der Waals surface area contributed by atoms with Gasteiger partial charge >= 0.3 is 0 Å². The van der Waals surface area contributed by atoms with Crippen molar-refractivity contribution in [3.8, 4) is 0 Å². The van der Waals surface area contributed by atoms with E-state index in [1.807, 2.05) is 11.8 Å². The van der Waals surface area contributed by atoms with E-state index in [4.69, 9.17) is 0 Å². The molecule has 2 aromatic heterocycles. The Labute approximate surface area is 214 Å². The number of piperidine rings is 1. The fourth-order valence-electron chi connectivity index (χ4n) is 6.42. The second-order valence-electron chi connectivity index (χ2n) is 11.2. The Morgan fingerprint density at radius 1 is 1.11 bits per heavy atom. The lowest BCUT2D eigenvalue weighted by atomic mass is 9.91. The molecule has 2 atom stereocenters. The van der Waals surface area contributed by atoms with E-state index in [9.17, 15) is 9.59 Å². The summed E-state index contributed by atoms with van der Waals surface area (Å²) in [7, 11) is 0. The molecule has 1 N–H and O–H groups in total. The van der Waals surface area contributed by atoms with Gasteiger partial charge in [0, 0.05) is 30.1 Å². The van der Waals surface area contributed by atoms with Gasteiger partial charge in [-0.3, -0.25) is 9.59 Å². The minimum absolute atomic E-state index is 0.00526. The maximum Gasteiger partial charge on any atom is 0.271 e. The van der Waals surface area contributed by atoms with Gasteiger partial charge in [-0.25, -0.2) is 0 Å². The van der Waals surface area contributed by atoms with Crippen molar-refractivity contribution in [3.05, 3.63) is 22.7 Å². The predicted molar refractivity (Wildman–Crippen MR) is 143 cm³/mol. The van der Waals surface area contributed by atoms with Gasteiger partial charge < -0.3 is 19.7 Å². The minimum atomic E-state index is -0.880. The number of thiophene rings is 1. The third-order valence-corrected chi connectivity index (χ3v) is 9.93. The first-order valence-corrected chi connectivity index (χ1v) is 14.7. The van der Waals surface area contributed by atoms with Gasteiger partial charge in [-0.15, -0.1) is 11.3 Å². The first-order valence-electron chi connectivity index (χ1n) is 13.9. The largest absolute Gasteiger partial charge is 0.351 e. The fraction of sp³-hybridized carbons (Fsp3) is 0.714. The van der Waals surface area contributed by atoms with E-state index in [1.165, 1.54) is 43.4 Å². The van der Waals surface area contributed by atoms with E-state index in [0.29, 0.717) is 19.1 Å². The van der Waals surface area contributed by atoms with Gasteiger partial charge in [0.15, 0.2) is 0 Å².